The van der Waals surface area contributed by atoms with Crippen LogP contribution >= 0.6 is 0 Å². The molecule has 7 heteroatoms. The van der Waals surface area contributed by atoms with Gasteiger partial charge < -0.3 is 10.0 Å². The second-order valence-electron chi connectivity index (χ2n) is 6.41. The number of β-amino-alcohol motifs (C(OH)–C–C–N with tert-alkyl or cyclic N) is 1. The molecule has 1 fully saturated rings. The smallest absolute Gasteiger partial charge is 0.278 e. The summed E-state index contributed by atoms with van der Waals surface area (Å²) in [5, 5.41) is 18.6. The predicted molar refractivity (Wildman–Crippen MR) is 100 cm³/mol. The van der Waals surface area contributed by atoms with E-state index in [4.69, 9.17) is 5.21 Å². The van der Waals surface area contributed by atoms with Crippen LogP contribution < -0.4 is 10.4 Å². The van der Waals surface area contributed by atoms with Crippen LogP contribution in [0.5, 0.6) is 0 Å². The lowest BCUT2D eigenvalue weighted by atomic mass is 10.0. The van der Waals surface area contributed by atoms with E-state index in [-0.39, 0.29) is 5.56 Å². The number of hydrogen-bond donors (Lipinski definition) is 3. The number of aliphatic hydroxyl groups excluding tert-OH is 1. The van der Waals surface area contributed by atoms with Crippen LogP contribution in [0, 0.1) is 0 Å². The summed E-state index contributed by atoms with van der Waals surface area (Å²) >= 11 is 0. The molecule has 1 aliphatic heterocycles. The Morgan fingerprint density at radius 2 is 1.74 bits per heavy atom. The summed E-state index contributed by atoms with van der Waals surface area (Å²) in [6, 6.07) is 13.4. The Balaban J connectivity index is 1.66. The van der Waals surface area contributed by atoms with E-state index in [1.165, 1.54) is 0 Å². The molecule has 0 unspecified atom stereocenters. The van der Waals surface area contributed by atoms with Crippen LogP contribution in [0.3, 0.4) is 0 Å². The molecule has 4 rings (SSSR count). The number of rotatable bonds is 4. The van der Waals surface area contributed by atoms with Gasteiger partial charge in [-0.25, -0.2) is 10.5 Å². The van der Waals surface area contributed by atoms with Crippen LogP contribution in [-0.4, -0.2) is 45.4 Å². The number of anilines is 1. The number of nitrogens with one attached hydrogen (secondary N) is 1. The summed E-state index contributed by atoms with van der Waals surface area (Å²) < 4.78 is 0. The van der Waals surface area contributed by atoms with Gasteiger partial charge in [-0.1, -0.05) is 30.3 Å². The Bertz CT molecular complexity index is 955. The van der Waals surface area contributed by atoms with Crippen LogP contribution in [0.1, 0.15) is 10.4 Å². The Kier molecular flexibility index (Phi) is 4.53. The number of aliphatic hydroxyl groups is 1. The van der Waals surface area contributed by atoms with Gasteiger partial charge in [0, 0.05) is 37.2 Å². The standard InChI is InChI=1S/C20H18N4O3/c25-17-11-24(12-17)19-18(20(26)23-27)8-16(10-22-19)14-5-3-13(4-6-14)15-2-1-7-21-9-15/h1-10,17,25,27H,11-12H2,(H,23,26). The second kappa shape index (κ2) is 7.14. The number of aromatic nitrogens is 2. The molecule has 1 aliphatic rings. The van der Waals surface area contributed by atoms with Gasteiger partial charge >= 0.3 is 0 Å². The van der Waals surface area contributed by atoms with Crippen molar-refractivity contribution in [3.63, 3.8) is 0 Å². The average molecular weight is 362 g/mol. The molecule has 3 heterocycles. The van der Waals surface area contributed by atoms with Crippen molar-refractivity contribution in [1.82, 2.24) is 15.4 Å². The predicted octanol–water partition coefficient (Wildman–Crippen LogP) is 2.11. The topological polar surface area (TPSA) is 98.6 Å². The van der Waals surface area contributed by atoms with Gasteiger partial charge in [-0.2, -0.15) is 0 Å². The maximum absolute atomic E-state index is 12.1. The van der Waals surface area contributed by atoms with E-state index in [2.05, 4.69) is 9.97 Å². The van der Waals surface area contributed by atoms with E-state index in [0.717, 1.165) is 22.3 Å². The van der Waals surface area contributed by atoms with E-state index < -0.39 is 12.0 Å². The third-order valence-electron chi connectivity index (χ3n) is 4.59. The zero-order valence-corrected chi connectivity index (χ0v) is 14.4. The van der Waals surface area contributed by atoms with Crippen molar-refractivity contribution >= 4 is 11.7 Å². The zero-order valence-electron chi connectivity index (χ0n) is 14.4. The number of benzene rings is 1. The van der Waals surface area contributed by atoms with Crippen molar-refractivity contribution in [2.45, 2.75) is 6.10 Å². The third kappa shape index (κ3) is 3.38. The molecule has 7 nitrogen and oxygen atoms in total. The summed E-state index contributed by atoms with van der Waals surface area (Å²) in [5.41, 5.74) is 5.66. The highest BCUT2D eigenvalue weighted by Crippen LogP contribution is 2.29. The maximum Gasteiger partial charge on any atom is 0.278 e. The zero-order chi connectivity index (χ0) is 18.8. The number of hydroxylamine groups is 1. The number of carbonyl (C=O) groups excluding carboxylic acids is 1. The van der Waals surface area contributed by atoms with Gasteiger partial charge in [-0.3, -0.25) is 15.0 Å². The van der Waals surface area contributed by atoms with Crippen molar-refractivity contribution in [2.75, 3.05) is 18.0 Å². The van der Waals surface area contributed by atoms with Gasteiger partial charge in [-0.15, -0.1) is 0 Å². The molecule has 0 saturated carbocycles. The summed E-state index contributed by atoms with van der Waals surface area (Å²) in [6.45, 7) is 0.829. The highest BCUT2D eigenvalue weighted by atomic mass is 16.5. The molecule has 0 radical (unpaired) electrons. The number of carbonyl (C=O) groups is 1. The minimum absolute atomic E-state index is 0.262. The molecule has 1 aromatic carbocycles. The Morgan fingerprint density at radius 1 is 1.04 bits per heavy atom. The van der Waals surface area contributed by atoms with Crippen LogP contribution in [-0.2, 0) is 0 Å². The van der Waals surface area contributed by atoms with Crippen LogP contribution in [0.2, 0.25) is 0 Å². The third-order valence-corrected chi connectivity index (χ3v) is 4.59. The normalized spacial score (nSPS) is 13.9. The van der Waals surface area contributed by atoms with Gasteiger partial charge in [0.15, 0.2) is 0 Å². The van der Waals surface area contributed by atoms with Crippen molar-refractivity contribution in [1.29, 1.82) is 0 Å². The fourth-order valence-corrected chi connectivity index (χ4v) is 3.11. The van der Waals surface area contributed by atoms with Crippen molar-refractivity contribution in [3.8, 4) is 22.3 Å². The van der Waals surface area contributed by atoms with Gasteiger partial charge in [0.05, 0.1) is 11.7 Å². The van der Waals surface area contributed by atoms with E-state index in [9.17, 15) is 9.90 Å². The SMILES string of the molecule is O=C(NO)c1cc(-c2ccc(-c3cccnc3)cc2)cnc1N1CC(O)C1. The lowest BCUT2D eigenvalue weighted by Crippen LogP contribution is -2.51. The molecule has 0 bridgehead atoms. The minimum Gasteiger partial charge on any atom is -0.389 e. The Labute approximate surface area is 155 Å². The first-order valence-corrected chi connectivity index (χ1v) is 8.54. The quantitative estimate of drug-likeness (QED) is 0.486. The fourth-order valence-electron chi connectivity index (χ4n) is 3.11. The molecule has 0 aliphatic carbocycles. The van der Waals surface area contributed by atoms with Crippen LogP contribution in [0.15, 0.2) is 61.1 Å². The first-order valence-electron chi connectivity index (χ1n) is 8.54. The highest BCUT2D eigenvalue weighted by Gasteiger charge is 2.29. The first-order chi connectivity index (χ1) is 13.2. The van der Waals surface area contributed by atoms with Gasteiger partial charge in [-0.05, 0) is 28.8 Å². The lowest BCUT2D eigenvalue weighted by Gasteiger charge is -2.37. The van der Waals surface area contributed by atoms with Crippen LogP contribution in [0.4, 0.5) is 5.82 Å². The van der Waals surface area contributed by atoms with Crippen molar-refractivity contribution in [3.05, 3.63) is 66.6 Å². The Morgan fingerprint density at radius 3 is 2.33 bits per heavy atom. The molecule has 136 valence electrons. The molecule has 3 N–H and O–H groups in total. The largest absolute Gasteiger partial charge is 0.389 e. The summed E-state index contributed by atoms with van der Waals surface area (Å²) in [6.07, 6.45) is 4.80. The second-order valence-corrected chi connectivity index (χ2v) is 6.41. The lowest BCUT2D eigenvalue weighted by molar-refractivity contribution is 0.0705. The molecule has 27 heavy (non-hydrogen) atoms. The molecule has 0 atom stereocenters. The van der Waals surface area contributed by atoms with E-state index in [1.807, 2.05) is 36.4 Å². The van der Waals surface area contributed by atoms with Gasteiger partial charge in [0.2, 0.25) is 0 Å². The van der Waals surface area contributed by atoms with Crippen LogP contribution in [0.25, 0.3) is 22.3 Å². The molecular formula is C20H18N4O3. The van der Waals surface area contributed by atoms with E-state index >= 15 is 0 Å². The van der Waals surface area contributed by atoms with Gasteiger partial charge in [0.1, 0.15) is 5.82 Å². The monoisotopic (exact) mass is 362 g/mol. The Hall–Kier alpha value is -3.29. The number of nitrogens with zero attached hydrogens (tertiary/aromatic N) is 3. The van der Waals surface area contributed by atoms with Crippen molar-refractivity contribution in [2.24, 2.45) is 0 Å². The minimum atomic E-state index is -0.632. The molecule has 3 aromatic rings. The summed E-state index contributed by atoms with van der Waals surface area (Å²) in [7, 11) is 0. The molecular weight excluding hydrogens is 344 g/mol. The highest BCUT2D eigenvalue weighted by molar-refractivity contribution is 5.99. The number of hydrogen-bond acceptors (Lipinski definition) is 6. The van der Waals surface area contributed by atoms with E-state index in [0.29, 0.717) is 18.9 Å². The summed E-state index contributed by atoms with van der Waals surface area (Å²) in [4.78, 5) is 22.4. The molecule has 1 amide bonds. The molecule has 2 aromatic heterocycles. The fraction of sp³-hybridized carbons (Fsp3) is 0.150. The van der Waals surface area contributed by atoms with E-state index in [1.54, 1.807) is 35.0 Å². The maximum atomic E-state index is 12.1. The van der Waals surface area contributed by atoms with Gasteiger partial charge in [0.25, 0.3) is 5.91 Å². The molecule has 0 spiro atoms. The summed E-state index contributed by atoms with van der Waals surface area (Å²) in [5.74, 6) is -0.185. The average Bonchev–Trinajstić information content (AvgIpc) is 2.71. The first kappa shape index (κ1) is 17.1. The number of amides is 1. The molecule has 1 saturated heterocycles. The number of pyridine rings is 2. The van der Waals surface area contributed by atoms with Crippen molar-refractivity contribution < 1.29 is 15.1 Å².